The fraction of sp³-hybridized carbons (Fsp3) is 0.333. The van der Waals surface area contributed by atoms with E-state index in [1.807, 2.05) is 0 Å². The normalized spacial score (nSPS) is 14.7. The van der Waals surface area contributed by atoms with E-state index in [4.69, 9.17) is 0 Å². The lowest BCUT2D eigenvalue weighted by Crippen LogP contribution is -2.74. The maximum absolute atomic E-state index is 15.6. The highest BCUT2D eigenvalue weighted by atomic mass is 19.2. The van der Waals surface area contributed by atoms with Gasteiger partial charge in [0.2, 0.25) is 0 Å². The third-order valence-electron chi connectivity index (χ3n) is 8.50. The summed E-state index contributed by atoms with van der Waals surface area (Å²) in [5.74, 6) is -45.2. The summed E-state index contributed by atoms with van der Waals surface area (Å²) in [5.41, 5.74) is -9.45. The van der Waals surface area contributed by atoms with E-state index >= 15 is 26.3 Å². The van der Waals surface area contributed by atoms with Crippen LogP contribution in [0, 0.1) is 98.6 Å². The van der Waals surface area contributed by atoms with Crippen LogP contribution in [0.3, 0.4) is 0 Å². The second-order valence-corrected chi connectivity index (χ2v) is 11.2. The molecule has 0 bridgehead atoms. The smallest absolute Gasteiger partial charge is 0.200 e. The van der Waals surface area contributed by atoms with Crippen LogP contribution in [0.5, 0.6) is 0 Å². The maximum atomic E-state index is 15.6. The predicted molar refractivity (Wildman–Crippen MR) is 124 cm³/mol. The number of rotatable bonds is 6. The van der Waals surface area contributed by atoms with Crippen LogP contribution in [0.25, 0.3) is 0 Å². The summed E-state index contributed by atoms with van der Waals surface area (Å²) in [4.78, 5) is 0. The van der Waals surface area contributed by atoms with Crippen molar-refractivity contribution < 1.29 is 65.9 Å². The average molecular weight is 637 g/mol. The Morgan fingerprint density at radius 3 is 0.860 bits per heavy atom. The predicted octanol–water partition coefficient (Wildman–Crippen LogP) is 7.46. The van der Waals surface area contributed by atoms with E-state index < -0.39 is 127 Å². The molecule has 3 aromatic rings. The molecular formula is C27H17BF15-. The van der Waals surface area contributed by atoms with Crippen LogP contribution in [0.2, 0.25) is 6.32 Å². The van der Waals surface area contributed by atoms with Gasteiger partial charge in [-0.05, 0) is 5.92 Å². The van der Waals surface area contributed by atoms with Crippen LogP contribution in [0.4, 0.5) is 65.9 Å². The lowest BCUT2D eigenvalue weighted by atomic mass is 9.11. The summed E-state index contributed by atoms with van der Waals surface area (Å²) in [7, 11) is 0. The first kappa shape index (κ1) is 32.6. The Morgan fingerprint density at radius 2 is 0.628 bits per heavy atom. The summed E-state index contributed by atoms with van der Waals surface area (Å²) < 4.78 is 223. The van der Waals surface area contributed by atoms with E-state index in [0.29, 0.717) is 12.8 Å². The van der Waals surface area contributed by atoms with Gasteiger partial charge in [-0.25, -0.2) is 65.9 Å². The monoisotopic (exact) mass is 637 g/mol. The van der Waals surface area contributed by atoms with E-state index in [1.165, 1.54) is 0 Å². The third kappa shape index (κ3) is 4.66. The Bertz CT molecular complexity index is 1390. The van der Waals surface area contributed by atoms with Crippen molar-refractivity contribution in [2.24, 2.45) is 11.3 Å². The first-order chi connectivity index (χ1) is 19.8. The fourth-order valence-corrected chi connectivity index (χ4v) is 6.57. The van der Waals surface area contributed by atoms with Gasteiger partial charge in [0.1, 0.15) is 41.0 Å². The summed E-state index contributed by atoms with van der Waals surface area (Å²) >= 11 is 0. The Labute approximate surface area is 233 Å². The van der Waals surface area contributed by atoms with E-state index in [0.717, 1.165) is 13.8 Å². The van der Waals surface area contributed by atoms with Gasteiger partial charge in [0, 0.05) is 0 Å². The van der Waals surface area contributed by atoms with Gasteiger partial charge in [0.15, 0.2) is 52.4 Å². The molecule has 1 saturated carbocycles. The Hall–Kier alpha value is -3.33. The zero-order valence-corrected chi connectivity index (χ0v) is 21.9. The van der Waals surface area contributed by atoms with Gasteiger partial charge in [0.25, 0.3) is 0 Å². The van der Waals surface area contributed by atoms with E-state index in [1.54, 1.807) is 0 Å². The van der Waals surface area contributed by atoms with Crippen LogP contribution >= 0.6 is 0 Å². The fourth-order valence-electron chi connectivity index (χ4n) is 6.57. The molecule has 0 unspecified atom stereocenters. The highest BCUT2D eigenvalue weighted by molar-refractivity contribution is 7.11. The zero-order chi connectivity index (χ0) is 32.5. The molecule has 43 heavy (non-hydrogen) atoms. The molecule has 0 radical (unpaired) electrons. The molecule has 1 fully saturated rings. The minimum absolute atomic E-state index is 0.185. The lowest BCUT2D eigenvalue weighted by molar-refractivity contribution is 0.244. The molecule has 1 aliphatic rings. The number of halogens is 15. The largest absolute Gasteiger partial charge is 0.207 e. The van der Waals surface area contributed by atoms with Crippen molar-refractivity contribution in [1.82, 2.24) is 0 Å². The molecule has 4 rings (SSSR count). The average Bonchev–Trinajstić information content (AvgIpc) is 3.51. The van der Waals surface area contributed by atoms with Crippen molar-refractivity contribution in [3.8, 4) is 0 Å². The van der Waals surface area contributed by atoms with Crippen molar-refractivity contribution in [3.63, 3.8) is 0 Å². The Morgan fingerprint density at radius 1 is 0.419 bits per heavy atom. The third-order valence-corrected chi connectivity index (χ3v) is 8.50. The van der Waals surface area contributed by atoms with Crippen molar-refractivity contribution in [2.75, 3.05) is 0 Å². The Balaban J connectivity index is 2.43. The summed E-state index contributed by atoms with van der Waals surface area (Å²) in [6, 6.07) is 0. The van der Waals surface area contributed by atoms with E-state index in [2.05, 4.69) is 0 Å². The molecule has 1 aliphatic carbocycles. The minimum atomic E-state index is -5.53. The molecule has 0 aliphatic heterocycles. The molecule has 16 heteroatoms. The first-order valence-corrected chi connectivity index (χ1v) is 12.6. The van der Waals surface area contributed by atoms with Crippen molar-refractivity contribution in [1.29, 1.82) is 0 Å². The molecule has 234 valence electrons. The van der Waals surface area contributed by atoms with Crippen LogP contribution in [-0.2, 0) is 0 Å². The number of hydrogen-bond acceptors (Lipinski definition) is 0. The van der Waals surface area contributed by atoms with Crippen molar-refractivity contribution in [2.45, 2.75) is 45.9 Å². The van der Waals surface area contributed by atoms with Crippen LogP contribution in [0.1, 0.15) is 39.5 Å². The van der Waals surface area contributed by atoms with E-state index in [-0.39, 0.29) is 12.8 Å². The van der Waals surface area contributed by atoms with E-state index in [9.17, 15) is 39.5 Å². The van der Waals surface area contributed by atoms with Crippen LogP contribution < -0.4 is 16.4 Å². The maximum Gasteiger partial charge on any atom is 0.200 e. The van der Waals surface area contributed by atoms with Crippen LogP contribution in [0.15, 0.2) is 0 Å². The first-order valence-electron chi connectivity index (χ1n) is 12.6. The second kappa shape index (κ2) is 11.0. The summed E-state index contributed by atoms with van der Waals surface area (Å²) in [6.45, 7) is 2.23. The molecule has 3 aromatic carbocycles. The topological polar surface area (TPSA) is 0 Å². The van der Waals surface area contributed by atoms with Gasteiger partial charge in [-0.3, -0.25) is 0 Å². The second-order valence-electron chi connectivity index (χ2n) is 11.2. The molecule has 0 heterocycles. The van der Waals surface area contributed by atoms with Gasteiger partial charge in [-0.2, -0.15) is 6.32 Å². The summed E-state index contributed by atoms with van der Waals surface area (Å²) in [5, 5.41) is 0. The highest BCUT2D eigenvalue weighted by Gasteiger charge is 2.51. The zero-order valence-electron chi connectivity index (χ0n) is 21.9. The molecule has 0 N–H and O–H groups in total. The molecule has 0 aromatic heterocycles. The molecule has 0 saturated heterocycles. The molecule has 0 amide bonds. The molecule has 0 spiro atoms. The quantitative estimate of drug-likeness (QED) is 0.114. The molecule has 0 nitrogen and oxygen atoms in total. The molecule has 0 atom stereocenters. The van der Waals surface area contributed by atoms with Gasteiger partial charge < -0.3 is 0 Å². The van der Waals surface area contributed by atoms with Gasteiger partial charge in [-0.15, -0.1) is 16.4 Å². The van der Waals surface area contributed by atoms with Crippen molar-refractivity contribution >= 4 is 22.5 Å². The summed E-state index contributed by atoms with van der Waals surface area (Å²) in [6.07, 6.45) is -5.91. The van der Waals surface area contributed by atoms with Gasteiger partial charge >= 0.3 is 0 Å². The lowest BCUT2D eigenvalue weighted by Gasteiger charge is -2.50. The SMILES string of the molecule is CC(C)(C[B-](c1c(F)c(F)c(F)c(F)c1F)(c1c(F)c(F)c(F)c(F)c1F)c1c(F)c(F)c(F)c(F)c1F)C1CCCC1. The number of benzene rings is 3. The minimum Gasteiger partial charge on any atom is -0.207 e. The van der Waals surface area contributed by atoms with Crippen molar-refractivity contribution in [3.05, 3.63) is 87.3 Å². The Kier molecular flexibility index (Phi) is 8.33. The molecular weight excluding hydrogens is 620 g/mol. The van der Waals surface area contributed by atoms with Gasteiger partial charge in [0.05, 0.1) is 0 Å². The van der Waals surface area contributed by atoms with Gasteiger partial charge in [-0.1, -0.05) is 44.9 Å². The van der Waals surface area contributed by atoms with Crippen LogP contribution in [-0.4, -0.2) is 6.15 Å². The standard InChI is InChI=1S/C27H17BF15/c1-27(2,8-5-3-4-6-8)7-28(9-12(29)18(35)24(41)19(36)13(9)30,10-14(31)20(37)25(42)21(38)15(10)32)11-16(33)22(39)26(43)23(40)17(11)34/h8H,3-7H2,1-2H3/q-1. The highest BCUT2D eigenvalue weighted by Crippen LogP contribution is 2.46. The number of hydrogen-bond donors (Lipinski definition) is 0.